The SMILES string of the molecule is BC(C)(C)C1C(CC)CC2CCCC1C2. The second-order valence-corrected chi connectivity index (χ2v) is 7.09. The Morgan fingerprint density at radius 3 is 2.53 bits per heavy atom. The molecule has 1 heteroatoms. The van der Waals surface area contributed by atoms with Crippen LogP contribution >= 0.6 is 0 Å². The van der Waals surface area contributed by atoms with Crippen molar-refractivity contribution in [1.29, 1.82) is 0 Å². The van der Waals surface area contributed by atoms with Crippen LogP contribution in [0.2, 0.25) is 5.31 Å². The first-order valence-corrected chi connectivity index (χ1v) is 7.02. The van der Waals surface area contributed by atoms with Crippen molar-refractivity contribution in [2.24, 2.45) is 23.7 Å². The molecule has 2 aliphatic carbocycles. The Bertz CT molecular complexity index is 214. The summed E-state index contributed by atoms with van der Waals surface area (Å²) in [7, 11) is 2.47. The van der Waals surface area contributed by atoms with Crippen molar-refractivity contribution in [2.45, 2.75) is 64.6 Å². The maximum atomic E-state index is 2.47. The third-order valence-corrected chi connectivity index (χ3v) is 5.00. The van der Waals surface area contributed by atoms with Crippen molar-refractivity contribution >= 4 is 7.85 Å². The van der Waals surface area contributed by atoms with Crippen LogP contribution in [0.5, 0.6) is 0 Å². The Kier molecular flexibility index (Phi) is 3.19. The maximum absolute atomic E-state index is 2.47. The Labute approximate surface area is 96.6 Å². The molecule has 4 unspecified atom stereocenters. The van der Waals surface area contributed by atoms with Crippen molar-refractivity contribution in [2.75, 3.05) is 0 Å². The third kappa shape index (κ3) is 2.26. The minimum atomic E-state index is 0.535. The predicted molar refractivity (Wildman–Crippen MR) is 69.9 cm³/mol. The second kappa shape index (κ2) is 4.15. The first-order valence-electron chi connectivity index (χ1n) is 7.02. The fourth-order valence-corrected chi connectivity index (χ4v) is 4.67. The van der Waals surface area contributed by atoms with Gasteiger partial charge in [0, 0.05) is 0 Å². The molecule has 2 fully saturated rings. The van der Waals surface area contributed by atoms with E-state index in [1.807, 2.05) is 0 Å². The summed E-state index contributed by atoms with van der Waals surface area (Å²) in [5.41, 5.74) is 0. The second-order valence-electron chi connectivity index (χ2n) is 7.09. The lowest BCUT2D eigenvalue weighted by atomic mass is 9.49. The van der Waals surface area contributed by atoms with E-state index in [1.165, 1.54) is 32.1 Å². The Morgan fingerprint density at radius 2 is 1.93 bits per heavy atom. The van der Waals surface area contributed by atoms with Crippen molar-refractivity contribution in [3.8, 4) is 0 Å². The fourth-order valence-electron chi connectivity index (χ4n) is 4.67. The zero-order valence-corrected chi connectivity index (χ0v) is 11.1. The van der Waals surface area contributed by atoms with Gasteiger partial charge in [-0.25, -0.2) is 0 Å². The van der Waals surface area contributed by atoms with E-state index < -0.39 is 0 Å². The zero-order chi connectivity index (χ0) is 11.1. The van der Waals surface area contributed by atoms with Crippen LogP contribution in [0.4, 0.5) is 0 Å². The van der Waals surface area contributed by atoms with Crippen LogP contribution in [-0.4, -0.2) is 7.85 Å². The van der Waals surface area contributed by atoms with Gasteiger partial charge in [0.25, 0.3) is 0 Å². The summed E-state index contributed by atoms with van der Waals surface area (Å²) in [5.74, 6) is 4.17. The molecular formula is C14H27B. The number of hydrogen-bond donors (Lipinski definition) is 0. The topological polar surface area (TPSA) is 0 Å². The highest BCUT2D eigenvalue weighted by molar-refractivity contribution is 6.14. The van der Waals surface area contributed by atoms with Crippen LogP contribution in [0.25, 0.3) is 0 Å². The number of rotatable bonds is 2. The van der Waals surface area contributed by atoms with Crippen molar-refractivity contribution in [3.63, 3.8) is 0 Å². The van der Waals surface area contributed by atoms with Gasteiger partial charge in [0.15, 0.2) is 0 Å². The molecule has 15 heavy (non-hydrogen) atoms. The standard InChI is InChI=1S/C14H27B/c1-4-11-8-10-6-5-7-12(9-10)13(11)14(2,3)15/h10-13H,4-9,15H2,1-3H3. The van der Waals surface area contributed by atoms with Gasteiger partial charge in [0.1, 0.15) is 7.85 Å². The van der Waals surface area contributed by atoms with E-state index in [-0.39, 0.29) is 0 Å². The molecule has 2 bridgehead atoms. The largest absolute Gasteiger partial charge is 0.109 e. The molecule has 2 aliphatic rings. The van der Waals surface area contributed by atoms with Gasteiger partial charge >= 0.3 is 0 Å². The average molecular weight is 206 g/mol. The molecule has 2 saturated carbocycles. The minimum absolute atomic E-state index is 0.535. The van der Waals surface area contributed by atoms with Gasteiger partial charge in [-0.1, -0.05) is 51.8 Å². The lowest BCUT2D eigenvalue weighted by Gasteiger charge is -2.51. The highest BCUT2D eigenvalue weighted by Gasteiger charge is 2.43. The van der Waals surface area contributed by atoms with Gasteiger partial charge < -0.3 is 0 Å². The molecule has 86 valence electrons. The summed E-state index contributed by atoms with van der Waals surface area (Å²) in [6, 6.07) is 0. The van der Waals surface area contributed by atoms with E-state index >= 15 is 0 Å². The molecule has 0 N–H and O–H groups in total. The first kappa shape index (κ1) is 11.5. The summed E-state index contributed by atoms with van der Waals surface area (Å²) in [5, 5.41) is 0.535. The minimum Gasteiger partial charge on any atom is -0.0669 e. The van der Waals surface area contributed by atoms with Crippen LogP contribution in [0.15, 0.2) is 0 Å². The smallest absolute Gasteiger partial charge is 0.0669 e. The molecule has 2 rings (SSSR count). The Balaban J connectivity index is 2.17. The van der Waals surface area contributed by atoms with E-state index in [9.17, 15) is 0 Å². The van der Waals surface area contributed by atoms with Gasteiger partial charge in [-0.15, -0.1) is 0 Å². The van der Waals surface area contributed by atoms with E-state index in [2.05, 4.69) is 28.6 Å². The third-order valence-electron chi connectivity index (χ3n) is 5.00. The van der Waals surface area contributed by atoms with Gasteiger partial charge in [-0.2, -0.15) is 0 Å². The molecule has 0 spiro atoms. The quantitative estimate of drug-likeness (QED) is 0.604. The van der Waals surface area contributed by atoms with Crippen LogP contribution in [-0.2, 0) is 0 Å². The molecule has 4 atom stereocenters. The average Bonchev–Trinajstić information content (AvgIpc) is 2.15. The van der Waals surface area contributed by atoms with E-state index in [4.69, 9.17) is 0 Å². The highest BCUT2D eigenvalue weighted by atomic mass is 14.5. The maximum Gasteiger partial charge on any atom is 0.109 e. The van der Waals surface area contributed by atoms with Gasteiger partial charge in [0.2, 0.25) is 0 Å². The lowest BCUT2D eigenvalue weighted by Crippen LogP contribution is -2.40. The molecule has 0 aromatic carbocycles. The van der Waals surface area contributed by atoms with Crippen LogP contribution in [0.1, 0.15) is 59.3 Å². The molecule has 0 nitrogen and oxygen atoms in total. The Hall–Kier alpha value is 0.0649. The van der Waals surface area contributed by atoms with E-state index in [0.717, 1.165) is 23.7 Å². The predicted octanol–water partition coefficient (Wildman–Crippen LogP) is 3.67. The van der Waals surface area contributed by atoms with Crippen LogP contribution in [0.3, 0.4) is 0 Å². The molecule has 0 amide bonds. The monoisotopic (exact) mass is 206 g/mol. The number of fused-ring (bicyclic) bond motifs is 2. The summed E-state index contributed by atoms with van der Waals surface area (Å²) in [4.78, 5) is 0. The van der Waals surface area contributed by atoms with Crippen LogP contribution < -0.4 is 0 Å². The van der Waals surface area contributed by atoms with Crippen molar-refractivity contribution in [1.82, 2.24) is 0 Å². The Morgan fingerprint density at radius 1 is 1.20 bits per heavy atom. The molecule has 0 saturated heterocycles. The van der Waals surface area contributed by atoms with Gasteiger partial charge in [-0.05, 0) is 36.5 Å². The van der Waals surface area contributed by atoms with Gasteiger partial charge in [0.05, 0.1) is 0 Å². The fraction of sp³-hybridized carbons (Fsp3) is 1.00. The summed E-state index contributed by atoms with van der Waals surface area (Å²) in [6.45, 7) is 7.34. The normalized spacial score (nSPS) is 41.5. The van der Waals surface area contributed by atoms with E-state index in [1.54, 1.807) is 6.42 Å². The summed E-state index contributed by atoms with van der Waals surface area (Å²) < 4.78 is 0. The molecule has 0 aliphatic heterocycles. The van der Waals surface area contributed by atoms with Crippen molar-refractivity contribution in [3.05, 3.63) is 0 Å². The lowest BCUT2D eigenvalue weighted by molar-refractivity contribution is 0.0377. The summed E-state index contributed by atoms with van der Waals surface area (Å²) in [6.07, 6.45) is 9.07. The molecule has 0 aromatic rings. The van der Waals surface area contributed by atoms with Gasteiger partial charge in [-0.3, -0.25) is 0 Å². The number of hydrogen-bond acceptors (Lipinski definition) is 0. The molecule has 0 heterocycles. The van der Waals surface area contributed by atoms with Crippen LogP contribution in [0, 0.1) is 23.7 Å². The summed E-state index contributed by atoms with van der Waals surface area (Å²) >= 11 is 0. The molecule has 0 radical (unpaired) electrons. The zero-order valence-electron chi connectivity index (χ0n) is 11.1. The highest BCUT2D eigenvalue weighted by Crippen LogP contribution is 2.54. The molecule has 0 aromatic heterocycles. The molecular weight excluding hydrogens is 179 g/mol. The van der Waals surface area contributed by atoms with E-state index in [0.29, 0.717) is 5.31 Å². The van der Waals surface area contributed by atoms with Crippen molar-refractivity contribution < 1.29 is 0 Å². The first-order chi connectivity index (χ1) is 7.02.